The highest BCUT2D eigenvalue weighted by atomic mass is 32.2. The van der Waals surface area contributed by atoms with E-state index in [0.29, 0.717) is 12.5 Å². The second kappa shape index (κ2) is 10.6. The molecule has 1 aliphatic rings. The van der Waals surface area contributed by atoms with E-state index in [0.717, 1.165) is 43.1 Å². The maximum Gasteiger partial charge on any atom is 0.238 e. The lowest BCUT2D eigenvalue weighted by molar-refractivity contribution is -0.119. The molecular formula is C24H31N3O2S. The minimum absolute atomic E-state index is 0.0187. The third kappa shape index (κ3) is 6.89. The first kappa shape index (κ1) is 22.4. The van der Waals surface area contributed by atoms with E-state index >= 15 is 0 Å². The zero-order valence-corrected chi connectivity index (χ0v) is 18.8. The van der Waals surface area contributed by atoms with E-state index in [4.69, 9.17) is 0 Å². The maximum absolute atomic E-state index is 12.4. The van der Waals surface area contributed by atoms with Crippen LogP contribution in [0.15, 0.2) is 52.3 Å². The van der Waals surface area contributed by atoms with Crippen LogP contribution in [-0.2, 0) is 9.59 Å². The molecule has 0 spiro atoms. The molecule has 0 bridgehead atoms. The molecule has 2 aromatic carbocycles. The first-order valence-corrected chi connectivity index (χ1v) is 11.3. The second-order valence-electron chi connectivity index (χ2n) is 8.10. The Hall–Kier alpha value is -2.31. The average Bonchev–Trinajstić information content (AvgIpc) is 2.71. The fraction of sp³-hybridized carbons (Fsp3) is 0.417. The number of hydrogen-bond donors (Lipinski definition) is 2. The van der Waals surface area contributed by atoms with E-state index in [1.54, 1.807) is 18.7 Å². The summed E-state index contributed by atoms with van der Waals surface area (Å²) < 4.78 is 0. The van der Waals surface area contributed by atoms with Crippen molar-refractivity contribution in [2.45, 2.75) is 43.4 Å². The molecule has 0 aliphatic carbocycles. The molecule has 2 N–H and O–H groups in total. The molecule has 6 heteroatoms. The van der Waals surface area contributed by atoms with Gasteiger partial charge in [0.15, 0.2) is 0 Å². The van der Waals surface area contributed by atoms with E-state index in [9.17, 15) is 9.59 Å². The van der Waals surface area contributed by atoms with Crippen LogP contribution in [0.5, 0.6) is 0 Å². The van der Waals surface area contributed by atoms with Crippen LogP contribution in [0.1, 0.15) is 30.9 Å². The van der Waals surface area contributed by atoms with Crippen LogP contribution in [0.3, 0.4) is 0 Å². The summed E-state index contributed by atoms with van der Waals surface area (Å²) >= 11 is 1.74. The summed E-state index contributed by atoms with van der Waals surface area (Å²) in [6.45, 7) is 8.71. The largest absolute Gasteiger partial charge is 0.356 e. The number of nitrogens with zero attached hydrogens (tertiary/aromatic N) is 1. The number of benzene rings is 2. The summed E-state index contributed by atoms with van der Waals surface area (Å²) in [5.74, 6) is 0.552. The van der Waals surface area contributed by atoms with E-state index in [1.807, 2.05) is 12.1 Å². The Morgan fingerprint density at radius 3 is 2.43 bits per heavy atom. The van der Waals surface area contributed by atoms with Gasteiger partial charge in [0.25, 0.3) is 0 Å². The number of carbonyl (C=O) groups is 2. The maximum atomic E-state index is 12.4. The molecule has 1 heterocycles. The summed E-state index contributed by atoms with van der Waals surface area (Å²) in [4.78, 5) is 28.1. The number of likely N-dealkylation sites (tertiary alicyclic amines) is 1. The number of hydrogen-bond acceptors (Lipinski definition) is 4. The van der Waals surface area contributed by atoms with E-state index < -0.39 is 0 Å². The molecule has 0 atom stereocenters. The number of aryl methyl sites for hydroxylation is 2. The predicted molar refractivity (Wildman–Crippen MR) is 123 cm³/mol. The van der Waals surface area contributed by atoms with Gasteiger partial charge in [-0.1, -0.05) is 23.9 Å². The van der Waals surface area contributed by atoms with E-state index in [-0.39, 0.29) is 11.8 Å². The lowest BCUT2D eigenvalue weighted by atomic mass is 9.97. The van der Waals surface area contributed by atoms with Crippen molar-refractivity contribution >= 4 is 29.3 Å². The van der Waals surface area contributed by atoms with Gasteiger partial charge >= 0.3 is 0 Å². The number of rotatable bonds is 7. The van der Waals surface area contributed by atoms with Crippen LogP contribution in [0.4, 0.5) is 5.69 Å². The number of nitrogens with one attached hydrogen (secondary N) is 2. The molecule has 2 aromatic rings. The molecule has 0 radical (unpaired) electrons. The quantitative estimate of drug-likeness (QED) is 0.697. The van der Waals surface area contributed by atoms with Gasteiger partial charge in [0.2, 0.25) is 11.8 Å². The van der Waals surface area contributed by atoms with Gasteiger partial charge in [-0.25, -0.2) is 0 Å². The second-order valence-corrected chi connectivity index (χ2v) is 9.22. The molecule has 0 saturated carbocycles. The summed E-state index contributed by atoms with van der Waals surface area (Å²) in [6, 6.07) is 14.5. The Balaban J connectivity index is 1.45. The van der Waals surface area contributed by atoms with Gasteiger partial charge < -0.3 is 10.6 Å². The molecular weight excluding hydrogens is 394 g/mol. The van der Waals surface area contributed by atoms with Crippen LogP contribution in [0.25, 0.3) is 0 Å². The fourth-order valence-electron chi connectivity index (χ4n) is 3.59. The Morgan fingerprint density at radius 1 is 1.07 bits per heavy atom. The summed E-state index contributed by atoms with van der Waals surface area (Å²) in [7, 11) is 0. The monoisotopic (exact) mass is 425 g/mol. The van der Waals surface area contributed by atoms with Gasteiger partial charge in [0.1, 0.15) is 0 Å². The molecule has 1 saturated heterocycles. The number of piperidine rings is 1. The fourth-order valence-corrected chi connectivity index (χ4v) is 4.59. The van der Waals surface area contributed by atoms with Crippen molar-refractivity contribution in [2.75, 3.05) is 31.5 Å². The van der Waals surface area contributed by atoms with Crippen LogP contribution in [0.2, 0.25) is 0 Å². The lowest BCUT2D eigenvalue weighted by Gasteiger charge is -2.31. The van der Waals surface area contributed by atoms with Gasteiger partial charge in [-0.05, 0) is 87.2 Å². The van der Waals surface area contributed by atoms with Gasteiger partial charge in [-0.3, -0.25) is 14.5 Å². The number of amides is 2. The van der Waals surface area contributed by atoms with Gasteiger partial charge in [-0.2, -0.15) is 0 Å². The minimum atomic E-state index is 0.0187. The van der Waals surface area contributed by atoms with Crippen molar-refractivity contribution in [3.63, 3.8) is 0 Å². The third-order valence-electron chi connectivity index (χ3n) is 5.42. The third-order valence-corrected chi connectivity index (χ3v) is 6.59. The predicted octanol–water partition coefficient (Wildman–Crippen LogP) is 4.24. The Kier molecular flexibility index (Phi) is 7.94. The van der Waals surface area contributed by atoms with Gasteiger partial charge in [0, 0.05) is 28.9 Å². The van der Waals surface area contributed by atoms with Crippen molar-refractivity contribution in [3.05, 3.63) is 53.6 Å². The van der Waals surface area contributed by atoms with Crippen molar-refractivity contribution in [2.24, 2.45) is 5.92 Å². The van der Waals surface area contributed by atoms with Crippen molar-refractivity contribution in [1.29, 1.82) is 0 Å². The lowest BCUT2D eigenvalue weighted by Crippen LogP contribution is -2.41. The highest BCUT2D eigenvalue weighted by molar-refractivity contribution is 7.99. The van der Waals surface area contributed by atoms with Crippen molar-refractivity contribution in [1.82, 2.24) is 10.2 Å². The first-order chi connectivity index (χ1) is 14.4. The summed E-state index contributed by atoms with van der Waals surface area (Å²) in [5, 5.41) is 5.90. The molecule has 0 unspecified atom stereocenters. The molecule has 30 heavy (non-hydrogen) atoms. The van der Waals surface area contributed by atoms with Crippen LogP contribution in [-0.4, -0.2) is 42.9 Å². The van der Waals surface area contributed by atoms with E-state index in [1.165, 1.54) is 16.0 Å². The normalized spacial score (nSPS) is 15.0. The molecule has 1 aliphatic heterocycles. The van der Waals surface area contributed by atoms with Crippen LogP contribution >= 0.6 is 11.8 Å². The van der Waals surface area contributed by atoms with Crippen LogP contribution in [0, 0.1) is 19.8 Å². The van der Waals surface area contributed by atoms with Gasteiger partial charge in [0.05, 0.1) is 6.54 Å². The topological polar surface area (TPSA) is 61.4 Å². The zero-order chi connectivity index (χ0) is 21.5. The highest BCUT2D eigenvalue weighted by Gasteiger charge is 2.21. The van der Waals surface area contributed by atoms with Crippen molar-refractivity contribution < 1.29 is 9.59 Å². The highest BCUT2D eigenvalue weighted by Crippen LogP contribution is 2.31. The average molecular weight is 426 g/mol. The Bertz CT molecular complexity index is 875. The molecule has 3 rings (SSSR count). The standard InChI is InChI=1S/C24H31N3O2S/c1-17-4-5-18(2)23(14-17)30-22-8-6-21(7-9-22)26-24(29)16-27-12-10-20(11-13-27)15-25-19(3)28/h4-9,14,20H,10-13,15-16H2,1-3H3,(H,25,28)(H,26,29). The number of carbonyl (C=O) groups excluding carboxylic acids is 2. The SMILES string of the molecule is CC(=O)NCC1CCN(CC(=O)Nc2ccc(Sc3cc(C)ccc3C)cc2)CC1. The summed E-state index contributed by atoms with van der Waals surface area (Å²) in [6.07, 6.45) is 2.02. The van der Waals surface area contributed by atoms with E-state index in [2.05, 4.69) is 59.7 Å². The molecule has 5 nitrogen and oxygen atoms in total. The Morgan fingerprint density at radius 2 is 1.77 bits per heavy atom. The molecule has 160 valence electrons. The van der Waals surface area contributed by atoms with Gasteiger partial charge in [-0.15, -0.1) is 0 Å². The smallest absolute Gasteiger partial charge is 0.238 e. The van der Waals surface area contributed by atoms with Crippen molar-refractivity contribution in [3.8, 4) is 0 Å². The molecule has 2 amide bonds. The summed E-state index contributed by atoms with van der Waals surface area (Å²) in [5.41, 5.74) is 3.35. The number of anilines is 1. The first-order valence-electron chi connectivity index (χ1n) is 10.5. The Labute approximate surface area is 183 Å². The molecule has 0 aromatic heterocycles. The van der Waals surface area contributed by atoms with Crippen LogP contribution < -0.4 is 10.6 Å². The minimum Gasteiger partial charge on any atom is -0.356 e. The zero-order valence-electron chi connectivity index (χ0n) is 18.0. The molecule has 1 fully saturated rings.